The molecule has 0 aliphatic carbocycles. The number of hydrogen-bond acceptors (Lipinski definition) is 3. The van der Waals surface area contributed by atoms with Crippen molar-refractivity contribution in [2.75, 3.05) is 13.6 Å². The van der Waals surface area contributed by atoms with Crippen LogP contribution in [0.25, 0.3) is 0 Å². The first-order valence-electron chi connectivity index (χ1n) is 8.55. The lowest BCUT2D eigenvalue weighted by atomic mass is 10.0. The first-order chi connectivity index (χ1) is 12.5. The molecule has 0 radical (unpaired) electrons. The Kier molecular flexibility index (Phi) is 7.63. The van der Waals surface area contributed by atoms with Crippen molar-refractivity contribution in [3.63, 3.8) is 0 Å². The number of likely N-dealkylation sites (N-methyl/N-ethyl adjacent to an activating group) is 1. The van der Waals surface area contributed by atoms with E-state index in [1.807, 2.05) is 44.3 Å². The minimum Gasteiger partial charge on any atom is -0.353 e. The van der Waals surface area contributed by atoms with Crippen LogP contribution in [0.2, 0.25) is 5.02 Å². The predicted octanol–water partition coefficient (Wildman–Crippen LogP) is 2.41. The van der Waals surface area contributed by atoms with Gasteiger partial charge in [-0.1, -0.05) is 41.9 Å². The summed E-state index contributed by atoms with van der Waals surface area (Å²) in [5.74, 6) is -0.516. The molecule has 2 aromatic rings. The van der Waals surface area contributed by atoms with Crippen molar-refractivity contribution in [1.82, 2.24) is 16.0 Å². The molecule has 0 aliphatic heterocycles. The van der Waals surface area contributed by atoms with Gasteiger partial charge in [0.2, 0.25) is 5.91 Å². The smallest absolute Gasteiger partial charge is 0.251 e. The summed E-state index contributed by atoms with van der Waals surface area (Å²) in [6, 6.07) is 15.7. The number of carbonyl (C=O) groups is 2. The second-order valence-corrected chi connectivity index (χ2v) is 6.59. The highest BCUT2D eigenvalue weighted by molar-refractivity contribution is 6.30. The number of hydrogen-bond donors (Lipinski definition) is 3. The van der Waals surface area contributed by atoms with Crippen molar-refractivity contribution in [1.29, 1.82) is 0 Å². The summed E-state index contributed by atoms with van der Waals surface area (Å²) in [5.41, 5.74) is 1.44. The van der Waals surface area contributed by atoms with E-state index in [1.165, 1.54) is 0 Å². The molecule has 2 rings (SSSR count). The lowest BCUT2D eigenvalue weighted by molar-refractivity contribution is -0.123. The average molecular weight is 374 g/mol. The fourth-order valence-corrected chi connectivity index (χ4v) is 2.51. The number of halogens is 1. The van der Waals surface area contributed by atoms with E-state index in [4.69, 9.17) is 11.6 Å². The van der Waals surface area contributed by atoms with Gasteiger partial charge >= 0.3 is 0 Å². The largest absolute Gasteiger partial charge is 0.353 e. The molecule has 138 valence electrons. The molecule has 0 bridgehead atoms. The van der Waals surface area contributed by atoms with E-state index in [-0.39, 0.29) is 17.9 Å². The van der Waals surface area contributed by atoms with Crippen molar-refractivity contribution in [2.45, 2.75) is 25.4 Å². The SMILES string of the molecule is CNC(C)CNC(=O)C(Cc1ccccc1)NC(=O)c1ccc(Cl)cc1. The molecule has 0 aromatic heterocycles. The number of nitrogens with one attached hydrogen (secondary N) is 3. The molecule has 0 heterocycles. The van der Waals surface area contributed by atoms with Crippen molar-refractivity contribution in [3.8, 4) is 0 Å². The van der Waals surface area contributed by atoms with Gasteiger partial charge in [-0.2, -0.15) is 0 Å². The van der Waals surface area contributed by atoms with Gasteiger partial charge < -0.3 is 16.0 Å². The maximum Gasteiger partial charge on any atom is 0.251 e. The number of benzene rings is 2. The first kappa shape index (κ1) is 19.9. The third-order valence-electron chi connectivity index (χ3n) is 4.09. The minimum absolute atomic E-state index is 0.142. The van der Waals surface area contributed by atoms with Crippen LogP contribution in [-0.4, -0.2) is 37.5 Å². The molecule has 26 heavy (non-hydrogen) atoms. The Morgan fingerprint density at radius 2 is 1.69 bits per heavy atom. The van der Waals surface area contributed by atoms with Gasteiger partial charge in [-0.15, -0.1) is 0 Å². The van der Waals surface area contributed by atoms with Gasteiger partial charge in [0.15, 0.2) is 0 Å². The van der Waals surface area contributed by atoms with E-state index < -0.39 is 6.04 Å². The summed E-state index contributed by atoms with van der Waals surface area (Å²) in [6.45, 7) is 2.45. The Labute approximate surface area is 159 Å². The van der Waals surface area contributed by atoms with Crippen molar-refractivity contribution in [3.05, 3.63) is 70.7 Å². The third kappa shape index (κ3) is 6.17. The molecule has 6 heteroatoms. The molecule has 2 unspecified atom stereocenters. The van der Waals surface area contributed by atoms with Crippen LogP contribution in [0, 0.1) is 0 Å². The van der Waals surface area contributed by atoms with E-state index in [1.54, 1.807) is 24.3 Å². The first-order valence-corrected chi connectivity index (χ1v) is 8.92. The molecule has 0 spiro atoms. The van der Waals surface area contributed by atoms with Gasteiger partial charge in [-0.3, -0.25) is 9.59 Å². The van der Waals surface area contributed by atoms with E-state index >= 15 is 0 Å². The Hall–Kier alpha value is -2.37. The highest BCUT2D eigenvalue weighted by atomic mass is 35.5. The van der Waals surface area contributed by atoms with Crippen LogP contribution in [0.15, 0.2) is 54.6 Å². The predicted molar refractivity (Wildman–Crippen MR) is 104 cm³/mol. The third-order valence-corrected chi connectivity index (χ3v) is 4.34. The molecule has 3 N–H and O–H groups in total. The summed E-state index contributed by atoms with van der Waals surface area (Å²) in [6.07, 6.45) is 0.417. The molecule has 0 aliphatic rings. The molecule has 0 saturated heterocycles. The number of carbonyl (C=O) groups excluding carboxylic acids is 2. The fraction of sp³-hybridized carbons (Fsp3) is 0.300. The summed E-state index contributed by atoms with van der Waals surface area (Å²) < 4.78 is 0. The van der Waals surface area contributed by atoms with Crippen LogP contribution in [0.5, 0.6) is 0 Å². The minimum atomic E-state index is -0.662. The summed E-state index contributed by atoms with van der Waals surface area (Å²) in [5, 5.41) is 9.33. The molecule has 2 atom stereocenters. The zero-order valence-electron chi connectivity index (χ0n) is 15.0. The summed E-state index contributed by atoms with van der Waals surface area (Å²) in [4.78, 5) is 25.1. The van der Waals surface area contributed by atoms with Gasteiger partial charge in [-0.05, 0) is 43.8 Å². The fourth-order valence-electron chi connectivity index (χ4n) is 2.38. The second kappa shape index (κ2) is 9.94. The number of rotatable bonds is 8. The molecular formula is C20H24ClN3O2. The van der Waals surface area contributed by atoms with E-state index in [0.29, 0.717) is 23.6 Å². The van der Waals surface area contributed by atoms with Crippen LogP contribution in [0.4, 0.5) is 0 Å². The van der Waals surface area contributed by atoms with Crippen molar-refractivity contribution >= 4 is 23.4 Å². The van der Waals surface area contributed by atoms with Gasteiger partial charge in [0.1, 0.15) is 6.04 Å². The van der Waals surface area contributed by atoms with Gasteiger partial charge in [0.05, 0.1) is 0 Å². The zero-order chi connectivity index (χ0) is 18.9. The van der Waals surface area contributed by atoms with E-state index in [2.05, 4.69) is 16.0 Å². The van der Waals surface area contributed by atoms with Crippen LogP contribution in [0.3, 0.4) is 0 Å². The van der Waals surface area contributed by atoms with Gasteiger partial charge in [0.25, 0.3) is 5.91 Å². The number of amides is 2. The lowest BCUT2D eigenvalue weighted by Gasteiger charge is -2.20. The summed E-state index contributed by atoms with van der Waals surface area (Å²) >= 11 is 5.86. The molecule has 5 nitrogen and oxygen atoms in total. The average Bonchev–Trinajstić information content (AvgIpc) is 2.66. The maximum atomic E-state index is 12.6. The van der Waals surface area contributed by atoms with Crippen LogP contribution < -0.4 is 16.0 Å². The van der Waals surface area contributed by atoms with Crippen LogP contribution in [0.1, 0.15) is 22.8 Å². The van der Waals surface area contributed by atoms with Crippen molar-refractivity contribution in [2.24, 2.45) is 0 Å². The molecular weight excluding hydrogens is 350 g/mol. The Morgan fingerprint density at radius 1 is 1.04 bits per heavy atom. The van der Waals surface area contributed by atoms with E-state index in [0.717, 1.165) is 5.56 Å². The Bertz CT molecular complexity index is 720. The molecule has 0 fully saturated rings. The van der Waals surface area contributed by atoms with Gasteiger partial charge in [-0.25, -0.2) is 0 Å². The van der Waals surface area contributed by atoms with Crippen molar-refractivity contribution < 1.29 is 9.59 Å². The van der Waals surface area contributed by atoms with Crippen LogP contribution >= 0.6 is 11.6 Å². The Balaban J connectivity index is 2.09. The Morgan fingerprint density at radius 3 is 2.31 bits per heavy atom. The second-order valence-electron chi connectivity index (χ2n) is 6.16. The standard InChI is InChI=1S/C20H24ClN3O2/c1-14(22-2)13-23-20(26)18(12-15-6-4-3-5-7-15)24-19(25)16-8-10-17(21)11-9-16/h3-11,14,18,22H,12-13H2,1-2H3,(H,23,26)(H,24,25). The highest BCUT2D eigenvalue weighted by Crippen LogP contribution is 2.10. The van der Waals surface area contributed by atoms with Gasteiger partial charge in [0, 0.05) is 29.6 Å². The molecule has 0 saturated carbocycles. The highest BCUT2D eigenvalue weighted by Gasteiger charge is 2.22. The molecule has 2 amide bonds. The molecule has 2 aromatic carbocycles. The zero-order valence-corrected chi connectivity index (χ0v) is 15.7. The quantitative estimate of drug-likeness (QED) is 0.665. The van der Waals surface area contributed by atoms with E-state index in [9.17, 15) is 9.59 Å². The lowest BCUT2D eigenvalue weighted by Crippen LogP contribution is -2.50. The normalized spacial score (nSPS) is 12.9. The topological polar surface area (TPSA) is 70.2 Å². The summed E-state index contributed by atoms with van der Waals surface area (Å²) in [7, 11) is 1.83. The monoisotopic (exact) mass is 373 g/mol. The van der Waals surface area contributed by atoms with Crippen LogP contribution in [-0.2, 0) is 11.2 Å². The maximum absolute atomic E-state index is 12.6.